The third-order valence-electron chi connectivity index (χ3n) is 17.2. The number of aromatic nitrogens is 12. The number of rotatable bonds is 6. The Morgan fingerprint density at radius 2 is 0.885 bits per heavy atom. The first-order valence-electron chi connectivity index (χ1n) is 28.8. The number of benzene rings is 3. The average molecular weight is 1260 g/mol. The molecular weight excluding hydrogens is 1200 g/mol. The molecule has 0 radical (unpaired) electrons. The standard InChI is InChI=1S/C22H20BrN5O.2C22H20ClN5O/c1-13-20(11-24-25-13)18-5-3-4-17-14(2)27(9-8-19(17)18)22(29)21-10-16-7-6-15(23)12-28(16)26-21;1-13-20(11-24-25-13)15-3-6-19-14(2)27(8-7-16(19)9-15)22(29)21-10-18-5-4-17(23)12-28(18)26-21;1-13-20(11-24-25-13)18-5-3-4-17-14(2)27(9-8-19(17)18)22(29)21-10-16-7-6-15(23)12-28(16)26-21/h3-7,10-12,14H,8-9H2,1-2H3,(H,24,25);3-6,9-12,14H,7-8H2,1-2H3,(H,24,25);3-7,10-12,14H,8-9H2,1-2H3,(H,24,25). The molecule has 438 valence electrons. The Kier molecular flexibility index (Phi) is 15.2. The Labute approximate surface area is 519 Å². The van der Waals surface area contributed by atoms with Crippen molar-refractivity contribution in [2.45, 2.75) is 78.9 Å². The third-order valence-corrected chi connectivity index (χ3v) is 18.2. The van der Waals surface area contributed by atoms with Gasteiger partial charge in [-0.1, -0.05) is 77.8 Å². The molecule has 18 nitrogen and oxygen atoms in total. The highest BCUT2D eigenvalue weighted by Gasteiger charge is 2.34. The molecule has 0 fully saturated rings. The average Bonchev–Trinajstić information content (AvgIpc) is 2.29. The molecule has 0 saturated carbocycles. The number of pyridine rings is 3. The van der Waals surface area contributed by atoms with Crippen LogP contribution in [0.25, 0.3) is 49.9 Å². The Bertz CT molecular complexity index is 4450. The van der Waals surface area contributed by atoms with Gasteiger partial charge in [0.15, 0.2) is 17.1 Å². The van der Waals surface area contributed by atoms with Crippen molar-refractivity contribution in [2.75, 3.05) is 19.6 Å². The molecule has 0 bridgehead atoms. The number of halogens is 3. The quantitative estimate of drug-likeness (QED) is 0.145. The summed E-state index contributed by atoms with van der Waals surface area (Å²) in [6.45, 7) is 14.3. The number of H-pyrrole nitrogens is 3. The normalized spacial score (nSPS) is 16.2. The smallest absolute Gasteiger partial charge is 0.274 e. The molecule has 87 heavy (non-hydrogen) atoms. The van der Waals surface area contributed by atoms with Gasteiger partial charge >= 0.3 is 0 Å². The van der Waals surface area contributed by atoms with Crippen LogP contribution in [0.2, 0.25) is 10.0 Å². The van der Waals surface area contributed by atoms with E-state index in [4.69, 9.17) is 23.2 Å². The zero-order valence-electron chi connectivity index (χ0n) is 48.6. The molecule has 9 aromatic heterocycles. The summed E-state index contributed by atoms with van der Waals surface area (Å²) in [6.07, 6.45) is 13.3. The van der Waals surface area contributed by atoms with Gasteiger partial charge in [-0.3, -0.25) is 29.7 Å². The Hall–Kier alpha value is -9.17. The topological polar surface area (TPSA) is 199 Å². The SMILES string of the molecule is Cc1[nH]ncc1-c1ccc2c(c1)CCN(C(=O)c1cc3ccc(Cl)cn3n1)C2C.Cc1[nH]ncc1-c1cccc2c1CCN(C(=O)c1cc3ccc(Br)cn3n1)C2C.Cc1[nH]ncc1-c1cccc2c1CCN(C(=O)c1cc3ccc(Cl)cn3n1)C2C. The summed E-state index contributed by atoms with van der Waals surface area (Å²) in [7, 11) is 0. The number of aryl methyl sites for hydroxylation is 3. The highest BCUT2D eigenvalue weighted by atomic mass is 79.9. The van der Waals surface area contributed by atoms with E-state index in [1.807, 2.05) is 103 Å². The van der Waals surface area contributed by atoms with Crippen molar-refractivity contribution in [3.63, 3.8) is 0 Å². The summed E-state index contributed by atoms with van der Waals surface area (Å²) in [5, 5.41) is 36.0. The van der Waals surface area contributed by atoms with E-state index < -0.39 is 0 Å². The van der Waals surface area contributed by atoms with Crippen molar-refractivity contribution in [1.82, 2.24) is 74.1 Å². The van der Waals surface area contributed by atoms with Crippen LogP contribution in [0.1, 0.15) is 121 Å². The molecule has 3 aliphatic rings. The summed E-state index contributed by atoms with van der Waals surface area (Å²) in [6, 6.07) is 35.7. The highest BCUT2D eigenvalue weighted by Crippen LogP contribution is 2.40. The van der Waals surface area contributed by atoms with Crippen LogP contribution in [0.15, 0.2) is 151 Å². The Morgan fingerprint density at radius 3 is 1.33 bits per heavy atom. The van der Waals surface area contributed by atoms with E-state index in [1.54, 1.807) is 38.1 Å². The summed E-state index contributed by atoms with van der Waals surface area (Å²) in [5.74, 6) is -0.154. The minimum absolute atomic E-state index is 0.0147. The molecule has 0 spiro atoms. The molecule has 3 amide bonds. The van der Waals surface area contributed by atoms with Crippen molar-refractivity contribution in [3.05, 3.63) is 228 Å². The zero-order chi connectivity index (χ0) is 60.4. The second-order valence-corrected chi connectivity index (χ2v) is 24.2. The molecule has 3 aromatic carbocycles. The molecule has 3 aliphatic heterocycles. The summed E-state index contributed by atoms with van der Waals surface area (Å²) >= 11 is 15.5. The number of fused-ring (bicyclic) bond motifs is 6. The predicted molar refractivity (Wildman–Crippen MR) is 339 cm³/mol. The molecule has 12 heterocycles. The first-order chi connectivity index (χ1) is 42.1. The van der Waals surface area contributed by atoms with Crippen LogP contribution in [-0.2, 0) is 19.3 Å². The number of aromatic amines is 3. The number of carbonyl (C=O) groups excluding carboxylic acids is 3. The van der Waals surface area contributed by atoms with E-state index in [-0.39, 0.29) is 35.8 Å². The molecule has 15 rings (SSSR count). The lowest BCUT2D eigenvalue weighted by atomic mass is 9.87. The van der Waals surface area contributed by atoms with Gasteiger partial charge in [0.2, 0.25) is 0 Å². The molecule has 0 aliphatic carbocycles. The van der Waals surface area contributed by atoms with Gasteiger partial charge in [0, 0.05) is 76.5 Å². The van der Waals surface area contributed by atoms with E-state index in [1.165, 1.54) is 44.5 Å². The number of hydrogen-bond acceptors (Lipinski definition) is 9. The fourth-order valence-corrected chi connectivity index (χ4v) is 13.2. The van der Waals surface area contributed by atoms with Crippen molar-refractivity contribution in [2.24, 2.45) is 0 Å². The Balaban J connectivity index is 0.000000121. The lowest BCUT2D eigenvalue weighted by Crippen LogP contribution is -2.39. The first kappa shape index (κ1) is 56.9. The van der Waals surface area contributed by atoms with Gasteiger partial charge in [-0.15, -0.1) is 0 Å². The summed E-state index contributed by atoms with van der Waals surface area (Å²) in [5.41, 5.74) is 21.4. The van der Waals surface area contributed by atoms with E-state index in [2.05, 4.69) is 137 Å². The maximum absolute atomic E-state index is 13.3. The maximum Gasteiger partial charge on any atom is 0.274 e. The second-order valence-electron chi connectivity index (χ2n) is 22.4. The van der Waals surface area contributed by atoms with Crippen LogP contribution < -0.4 is 0 Å². The minimum atomic E-state index is -0.0622. The number of carbonyl (C=O) groups is 3. The van der Waals surface area contributed by atoms with Crippen LogP contribution in [0.4, 0.5) is 0 Å². The van der Waals surface area contributed by atoms with Crippen LogP contribution in [0.3, 0.4) is 0 Å². The van der Waals surface area contributed by atoms with Crippen LogP contribution >= 0.6 is 39.1 Å². The minimum Gasteiger partial charge on any atom is -0.330 e. The van der Waals surface area contributed by atoms with Crippen molar-refractivity contribution >= 4 is 73.4 Å². The van der Waals surface area contributed by atoms with Crippen LogP contribution in [-0.4, -0.2) is 111 Å². The van der Waals surface area contributed by atoms with Crippen molar-refractivity contribution < 1.29 is 14.4 Å². The summed E-state index contributed by atoms with van der Waals surface area (Å²) < 4.78 is 5.96. The maximum atomic E-state index is 13.3. The molecular formula is C66H60BrCl2N15O3. The van der Waals surface area contributed by atoms with Crippen LogP contribution in [0.5, 0.6) is 0 Å². The van der Waals surface area contributed by atoms with Gasteiger partial charge in [0.1, 0.15) is 0 Å². The van der Waals surface area contributed by atoms with E-state index >= 15 is 0 Å². The lowest BCUT2D eigenvalue weighted by Gasteiger charge is -2.35. The largest absolute Gasteiger partial charge is 0.330 e. The molecule has 12 aromatic rings. The van der Waals surface area contributed by atoms with Gasteiger partial charge in [-0.05, 0) is 181 Å². The first-order valence-corrected chi connectivity index (χ1v) is 30.4. The predicted octanol–water partition coefficient (Wildman–Crippen LogP) is 13.4. The van der Waals surface area contributed by atoms with Crippen molar-refractivity contribution in [3.8, 4) is 33.4 Å². The zero-order valence-corrected chi connectivity index (χ0v) is 51.7. The van der Waals surface area contributed by atoms with E-state index in [9.17, 15) is 14.4 Å². The van der Waals surface area contributed by atoms with E-state index in [0.29, 0.717) is 46.8 Å². The fraction of sp³-hybridized carbons (Fsp3) is 0.227. The van der Waals surface area contributed by atoms with Gasteiger partial charge in [0.25, 0.3) is 17.7 Å². The van der Waals surface area contributed by atoms with Crippen molar-refractivity contribution in [1.29, 1.82) is 0 Å². The third kappa shape index (κ3) is 10.8. The van der Waals surface area contributed by atoms with Gasteiger partial charge < -0.3 is 14.7 Å². The van der Waals surface area contributed by atoms with Gasteiger partial charge in [-0.2, -0.15) is 30.6 Å². The Morgan fingerprint density at radius 1 is 0.471 bits per heavy atom. The second kappa shape index (κ2) is 23.3. The number of nitrogens with one attached hydrogen (secondary N) is 3. The van der Waals surface area contributed by atoms with Gasteiger partial charge in [0.05, 0.1) is 63.3 Å². The number of amides is 3. The van der Waals surface area contributed by atoms with E-state index in [0.717, 1.165) is 79.6 Å². The van der Waals surface area contributed by atoms with Gasteiger partial charge in [-0.25, -0.2) is 13.5 Å². The highest BCUT2D eigenvalue weighted by molar-refractivity contribution is 9.10. The number of nitrogens with zero attached hydrogens (tertiary/aromatic N) is 12. The summed E-state index contributed by atoms with van der Waals surface area (Å²) in [4.78, 5) is 45.4. The van der Waals surface area contributed by atoms with Crippen LogP contribution in [0, 0.1) is 20.8 Å². The molecule has 0 saturated heterocycles. The fourth-order valence-electron chi connectivity index (χ4n) is 12.6. The monoisotopic (exact) mass is 1260 g/mol. The number of hydrogen-bond donors (Lipinski definition) is 3. The molecule has 3 atom stereocenters. The molecule has 3 unspecified atom stereocenters. The lowest BCUT2D eigenvalue weighted by molar-refractivity contribution is 0.0663. The molecule has 3 N–H and O–H groups in total. The molecule has 21 heteroatoms.